The number of nitrogens with zero attached hydrogens (tertiary/aromatic N) is 2. The number of benzene rings is 1. The summed E-state index contributed by atoms with van der Waals surface area (Å²) in [6.07, 6.45) is 1.38. The summed E-state index contributed by atoms with van der Waals surface area (Å²) in [5.41, 5.74) is 1.66. The van der Waals surface area contributed by atoms with E-state index in [1.165, 1.54) is 6.20 Å². The molecule has 1 aromatic heterocycles. The second kappa shape index (κ2) is 6.00. The largest absolute Gasteiger partial charge is 0.462 e. The van der Waals surface area contributed by atoms with Crippen LogP contribution in [0, 0.1) is 0 Å². The third-order valence-electron chi connectivity index (χ3n) is 3.53. The SMILES string of the molecule is CCOC(=O)c1ccc(CN2C(=O)c3ccccc3C2=O)nc1. The van der Waals surface area contributed by atoms with Crippen LogP contribution in [-0.4, -0.2) is 34.3 Å². The molecule has 0 bridgehead atoms. The Morgan fingerprint density at radius 3 is 2.26 bits per heavy atom. The van der Waals surface area contributed by atoms with Crippen LogP contribution in [0.15, 0.2) is 42.6 Å². The first-order chi connectivity index (χ1) is 11.1. The van der Waals surface area contributed by atoms with E-state index in [9.17, 15) is 14.4 Å². The normalized spacial score (nSPS) is 13.2. The summed E-state index contributed by atoms with van der Waals surface area (Å²) in [7, 11) is 0. The average Bonchev–Trinajstić information content (AvgIpc) is 2.81. The minimum atomic E-state index is -0.452. The van der Waals surface area contributed by atoms with Crippen molar-refractivity contribution in [3.05, 3.63) is 65.0 Å². The van der Waals surface area contributed by atoms with Crippen molar-refractivity contribution in [3.8, 4) is 0 Å². The molecular weight excluding hydrogens is 296 g/mol. The fourth-order valence-electron chi connectivity index (χ4n) is 2.40. The van der Waals surface area contributed by atoms with Gasteiger partial charge < -0.3 is 4.74 Å². The molecule has 116 valence electrons. The molecule has 1 aliphatic rings. The van der Waals surface area contributed by atoms with E-state index in [0.717, 1.165) is 4.90 Å². The van der Waals surface area contributed by atoms with Crippen molar-refractivity contribution in [1.29, 1.82) is 0 Å². The molecular formula is C17H14N2O4. The van der Waals surface area contributed by atoms with E-state index in [4.69, 9.17) is 4.74 Å². The molecule has 1 aliphatic heterocycles. The van der Waals surface area contributed by atoms with Gasteiger partial charge in [0.1, 0.15) is 0 Å². The molecule has 0 radical (unpaired) electrons. The molecule has 0 spiro atoms. The maximum atomic E-state index is 12.3. The lowest BCUT2D eigenvalue weighted by molar-refractivity contribution is 0.0523. The third-order valence-corrected chi connectivity index (χ3v) is 3.53. The number of esters is 1. The van der Waals surface area contributed by atoms with Crippen LogP contribution in [0.3, 0.4) is 0 Å². The topological polar surface area (TPSA) is 76.6 Å². The number of amides is 2. The lowest BCUT2D eigenvalue weighted by Gasteiger charge is -2.13. The van der Waals surface area contributed by atoms with Crippen molar-refractivity contribution < 1.29 is 19.1 Å². The number of rotatable bonds is 4. The van der Waals surface area contributed by atoms with Crippen LogP contribution in [0.5, 0.6) is 0 Å². The van der Waals surface area contributed by atoms with Gasteiger partial charge in [0.25, 0.3) is 11.8 Å². The van der Waals surface area contributed by atoms with E-state index in [-0.39, 0.29) is 25.0 Å². The van der Waals surface area contributed by atoms with Crippen LogP contribution < -0.4 is 0 Å². The molecule has 0 saturated carbocycles. The van der Waals surface area contributed by atoms with Gasteiger partial charge in [-0.25, -0.2) is 4.79 Å². The van der Waals surface area contributed by atoms with Gasteiger partial charge in [-0.2, -0.15) is 0 Å². The molecule has 0 saturated heterocycles. The van der Waals surface area contributed by atoms with E-state index in [1.54, 1.807) is 43.3 Å². The highest BCUT2D eigenvalue weighted by Gasteiger charge is 2.35. The van der Waals surface area contributed by atoms with Crippen LogP contribution in [-0.2, 0) is 11.3 Å². The predicted octanol–water partition coefficient (Wildman–Crippen LogP) is 2.05. The molecule has 2 amide bonds. The summed E-state index contributed by atoms with van der Waals surface area (Å²) in [6, 6.07) is 9.88. The fraction of sp³-hybridized carbons (Fsp3) is 0.176. The molecule has 2 aromatic rings. The molecule has 23 heavy (non-hydrogen) atoms. The Bertz CT molecular complexity index is 748. The quantitative estimate of drug-likeness (QED) is 0.638. The first kappa shape index (κ1) is 14.9. The number of carbonyl (C=O) groups is 3. The smallest absolute Gasteiger partial charge is 0.339 e. The molecule has 0 N–H and O–H groups in total. The number of fused-ring (bicyclic) bond motifs is 1. The molecule has 0 aliphatic carbocycles. The minimum Gasteiger partial charge on any atom is -0.462 e. The fourth-order valence-corrected chi connectivity index (χ4v) is 2.40. The predicted molar refractivity (Wildman–Crippen MR) is 80.8 cm³/mol. The number of hydrogen-bond acceptors (Lipinski definition) is 5. The number of carbonyl (C=O) groups excluding carboxylic acids is 3. The standard InChI is InChI=1S/C17H14N2O4/c1-2-23-17(22)11-7-8-12(18-9-11)10-19-15(20)13-5-3-4-6-14(13)16(19)21/h3-9H,2,10H2,1H3. The first-order valence-corrected chi connectivity index (χ1v) is 7.19. The van der Waals surface area contributed by atoms with Crippen molar-refractivity contribution in [2.75, 3.05) is 6.61 Å². The van der Waals surface area contributed by atoms with Crippen LogP contribution in [0.25, 0.3) is 0 Å². The molecule has 0 atom stereocenters. The lowest BCUT2D eigenvalue weighted by Crippen LogP contribution is -2.29. The highest BCUT2D eigenvalue weighted by atomic mass is 16.5. The van der Waals surface area contributed by atoms with E-state index in [1.807, 2.05) is 0 Å². The van der Waals surface area contributed by atoms with Gasteiger partial charge in [0.2, 0.25) is 0 Å². The zero-order valence-electron chi connectivity index (χ0n) is 12.5. The molecule has 0 fully saturated rings. The minimum absolute atomic E-state index is 0.0649. The van der Waals surface area contributed by atoms with Gasteiger partial charge in [0, 0.05) is 6.20 Å². The highest BCUT2D eigenvalue weighted by Crippen LogP contribution is 2.23. The maximum absolute atomic E-state index is 12.3. The van der Waals surface area contributed by atoms with Crippen molar-refractivity contribution in [3.63, 3.8) is 0 Å². The van der Waals surface area contributed by atoms with Crippen LogP contribution in [0.2, 0.25) is 0 Å². The Morgan fingerprint density at radius 1 is 1.09 bits per heavy atom. The van der Waals surface area contributed by atoms with Gasteiger partial charge in [-0.15, -0.1) is 0 Å². The lowest BCUT2D eigenvalue weighted by atomic mass is 10.1. The second-order valence-corrected chi connectivity index (χ2v) is 5.00. The summed E-state index contributed by atoms with van der Waals surface area (Å²) in [4.78, 5) is 41.4. The van der Waals surface area contributed by atoms with Crippen molar-refractivity contribution >= 4 is 17.8 Å². The molecule has 1 aromatic carbocycles. The van der Waals surface area contributed by atoms with Gasteiger partial charge in [0.15, 0.2) is 0 Å². The Labute approximate surface area is 132 Å². The Kier molecular flexibility index (Phi) is 3.89. The van der Waals surface area contributed by atoms with Gasteiger partial charge in [-0.1, -0.05) is 12.1 Å². The van der Waals surface area contributed by atoms with E-state index >= 15 is 0 Å². The first-order valence-electron chi connectivity index (χ1n) is 7.19. The van der Waals surface area contributed by atoms with Crippen LogP contribution in [0.4, 0.5) is 0 Å². The molecule has 0 unspecified atom stereocenters. The summed E-state index contributed by atoms with van der Waals surface area (Å²) in [5, 5.41) is 0. The van der Waals surface area contributed by atoms with Gasteiger partial charge >= 0.3 is 5.97 Å². The monoisotopic (exact) mass is 310 g/mol. The van der Waals surface area contributed by atoms with E-state index < -0.39 is 5.97 Å². The third kappa shape index (κ3) is 2.70. The second-order valence-electron chi connectivity index (χ2n) is 5.00. The number of ether oxygens (including phenoxy) is 1. The van der Waals surface area contributed by atoms with Gasteiger partial charge in [0.05, 0.1) is 35.5 Å². The summed E-state index contributed by atoms with van der Waals surface area (Å²) in [5.74, 6) is -1.11. The average molecular weight is 310 g/mol. The Morgan fingerprint density at radius 2 is 1.74 bits per heavy atom. The summed E-state index contributed by atoms with van der Waals surface area (Å²) in [6.45, 7) is 2.08. The van der Waals surface area contributed by atoms with Crippen LogP contribution in [0.1, 0.15) is 43.7 Å². The molecule has 6 nitrogen and oxygen atoms in total. The van der Waals surface area contributed by atoms with E-state index in [0.29, 0.717) is 22.4 Å². The number of hydrogen-bond donors (Lipinski definition) is 0. The summed E-state index contributed by atoms with van der Waals surface area (Å²) >= 11 is 0. The van der Waals surface area contributed by atoms with Gasteiger partial charge in [-0.3, -0.25) is 19.5 Å². The molecule has 6 heteroatoms. The highest BCUT2D eigenvalue weighted by molar-refractivity contribution is 6.21. The maximum Gasteiger partial charge on any atom is 0.339 e. The van der Waals surface area contributed by atoms with Crippen LogP contribution >= 0.6 is 0 Å². The summed E-state index contributed by atoms with van der Waals surface area (Å²) < 4.78 is 4.88. The van der Waals surface area contributed by atoms with E-state index in [2.05, 4.69) is 4.98 Å². The van der Waals surface area contributed by atoms with Crippen molar-refractivity contribution in [2.45, 2.75) is 13.5 Å². The molecule has 2 heterocycles. The zero-order valence-corrected chi connectivity index (χ0v) is 12.5. The van der Waals surface area contributed by atoms with Crippen molar-refractivity contribution in [2.24, 2.45) is 0 Å². The number of aromatic nitrogens is 1. The number of pyridine rings is 1. The molecule has 3 rings (SSSR count). The van der Waals surface area contributed by atoms with Crippen molar-refractivity contribution in [1.82, 2.24) is 9.88 Å². The zero-order chi connectivity index (χ0) is 16.4. The number of imide groups is 1. The Hall–Kier alpha value is -3.02. The van der Waals surface area contributed by atoms with Gasteiger partial charge in [-0.05, 0) is 31.2 Å². The Balaban J connectivity index is 1.77.